The van der Waals surface area contributed by atoms with E-state index in [0.717, 1.165) is 18.8 Å². The van der Waals surface area contributed by atoms with Crippen molar-refractivity contribution in [2.75, 3.05) is 18.8 Å². The number of nitrogens with zero attached hydrogens (tertiary/aromatic N) is 1. The van der Waals surface area contributed by atoms with E-state index in [1.807, 2.05) is 11.8 Å². The molecule has 0 spiro atoms. The molecule has 0 aromatic heterocycles. The third-order valence-corrected chi connectivity index (χ3v) is 2.49. The van der Waals surface area contributed by atoms with Crippen LogP contribution in [0.2, 0.25) is 0 Å². The first kappa shape index (κ1) is 22.5. The molecule has 0 heterocycles. The molecule has 0 aromatic carbocycles. The average Bonchev–Trinajstić information content (AvgIpc) is 2.01. The second kappa shape index (κ2) is 12.7. The summed E-state index contributed by atoms with van der Waals surface area (Å²) in [7, 11) is 0. The molecule has 0 N–H and O–H groups in total. The molecule has 2 nitrogen and oxygen atoms in total. The molecule has 0 aliphatic heterocycles. The zero-order valence-electron chi connectivity index (χ0n) is 13.2. The van der Waals surface area contributed by atoms with Crippen LogP contribution < -0.4 is 0 Å². The first-order chi connectivity index (χ1) is 6.47. The molecule has 16 heavy (non-hydrogen) atoms. The van der Waals surface area contributed by atoms with Gasteiger partial charge in [0.05, 0.1) is 0 Å². The van der Waals surface area contributed by atoms with Gasteiger partial charge in [-0.3, -0.25) is 4.79 Å². The van der Waals surface area contributed by atoms with Crippen LogP contribution in [0.25, 0.3) is 0 Å². The normalized spacial score (nSPS) is 9.69. The van der Waals surface area contributed by atoms with Gasteiger partial charge in [0, 0.05) is 34.8 Å². The van der Waals surface area contributed by atoms with Crippen molar-refractivity contribution in [2.24, 2.45) is 11.8 Å². The minimum Gasteiger partial charge on any atom is -1.00 e. The van der Waals surface area contributed by atoms with E-state index in [9.17, 15) is 4.79 Å². The molecule has 1 amide bonds. The van der Waals surface area contributed by atoms with Gasteiger partial charge in [0.25, 0.3) is 5.24 Å². The number of rotatable bonds is 5. The van der Waals surface area contributed by atoms with E-state index >= 15 is 0 Å². The third-order valence-electron chi connectivity index (χ3n) is 1.70. The van der Waals surface area contributed by atoms with Crippen LogP contribution in [0.4, 0.5) is 4.79 Å². The topological polar surface area (TPSA) is 20.3 Å². The van der Waals surface area contributed by atoms with Crippen molar-refractivity contribution in [3.05, 3.63) is 0 Å². The van der Waals surface area contributed by atoms with Crippen LogP contribution >= 0.6 is 11.8 Å². The third kappa shape index (κ3) is 11.8. The predicted molar refractivity (Wildman–Crippen MR) is 72.8 cm³/mol. The summed E-state index contributed by atoms with van der Waals surface area (Å²) in [6.07, 6.45) is 0. The Morgan fingerprint density at radius 1 is 1.19 bits per heavy atom. The largest absolute Gasteiger partial charge is 2.00 e. The van der Waals surface area contributed by atoms with Crippen LogP contribution in [0.5, 0.6) is 0 Å². The number of thioether (sulfide) groups is 1. The van der Waals surface area contributed by atoms with Crippen LogP contribution in [-0.4, -0.2) is 52.0 Å². The van der Waals surface area contributed by atoms with Gasteiger partial charge in [-0.15, -0.1) is 0 Å². The number of hydrogen-bond donors (Lipinski definition) is 0. The van der Waals surface area contributed by atoms with Gasteiger partial charge in [0.1, 0.15) is 0 Å². The summed E-state index contributed by atoms with van der Waals surface area (Å²) in [4.78, 5) is 13.7. The molecular formula is C11H25MgNOSTi. The zero-order valence-corrected chi connectivity index (χ0v) is 15.0. The molecule has 5 heteroatoms. The molecule has 0 aliphatic rings. The molecule has 0 radical (unpaired) electrons. The van der Waals surface area contributed by atoms with Crippen molar-refractivity contribution in [3.63, 3.8) is 0 Å². The zero-order chi connectivity index (χ0) is 11.1. The Bertz CT molecular complexity index is 178. The van der Waals surface area contributed by atoms with Gasteiger partial charge in [0.15, 0.2) is 0 Å². The molecule has 0 aliphatic carbocycles. The van der Waals surface area contributed by atoms with E-state index in [1.54, 1.807) is 0 Å². The fourth-order valence-electron chi connectivity index (χ4n) is 1.32. The van der Waals surface area contributed by atoms with E-state index in [-0.39, 0.29) is 52.9 Å². The van der Waals surface area contributed by atoms with Crippen molar-refractivity contribution >= 4 is 40.1 Å². The number of amides is 1. The van der Waals surface area contributed by atoms with Crippen LogP contribution in [0.1, 0.15) is 37.5 Å². The molecule has 0 bridgehead atoms. The van der Waals surface area contributed by atoms with Gasteiger partial charge in [-0.2, -0.15) is 0 Å². The standard InChI is InChI=1S/C11H23NOS.Mg.Ti.2H/c1-6-14-11(13)12(7-9(2)3)8-10(4)5;;;;/h9-10H,6-8H2,1-5H3;;;;/q;+2;;2*-1. The van der Waals surface area contributed by atoms with Crippen molar-refractivity contribution in [1.82, 2.24) is 4.90 Å². The van der Waals surface area contributed by atoms with E-state index in [4.69, 9.17) is 0 Å². The fraction of sp³-hybridized carbons (Fsp3) is 0.909. The van der Waals surface area contributed by atoms with E-state index in [2.05, 4.69) is 27.7 Å². The number of carbonyl (C=O) groups is 1. The van der Waals surface area contributed by atoms with Gasteiger partial charge >= 0.3 is 23.1 Å². The Morgan fingerprint density at radius 3 is 1.81 bits per heavy atom. The van der Waals surface area contributed by atoms with Crippen molar-refractivity contribution in [2.45, 2.75) is 34.6 Å². The Kier molecular flexibility index (Phi) is 17.9. The summed E-state index contributed by atoms with van der Waals surface area (Å²) in [6.45, 7) is 12.4. The second-order valence-corrected chi connectivity index (χ2v) is 5.61. The van der Waals surface area contributed by atoms with Gasteiger partial charge in [-0.25, -0.2) is 0 Å². The summed E-state index contributed by atoms with van der Waals surface area (Å²) in [6, 6.07) is 0. The molecule has 0 unspecified atom stereocenters. The molecule has 0 saturated carbocycles. The summed E-state index contributed by atoms with van der Waals surface area (Å²) in [5.41, 5.74) is 0. The molecule has 0 saturated heterocycles. The van der Waals surface area contributed by atoms with E-state index in [1.165, 1.54) is 11.8 Å². The second-order valence-electron chi connectivity index (χ2n) is 4.39. The maximum absolute atomic E-state index is 11.7. The van der Waals surface area contributed by atoms with Gasteiger partial charge in [0.2, 0.25) is 0 Å². The van der Waals surface area contributed by atoms with Crippen LogP contribution in [0, 0.1) is 11.8 Å². The van der Waals surface area contributed by atoms with Crippen LogP contribution in [-0.2, 0) is 21.7 Å². The quantitative estimate of drug-likeness (QED) is 0.724. The minimum absolute atomic E-state index is 0. The monoisotopic (exact) mass is 291 g/mol. The van der Waals surface area contributed by atoms with Gasteiger partial charge < -0.3 is 7.75 Å². The summed E-state index contributed by atoms with van der Waals surface area (Å²) >= 11 is 1.41. The van der Waals surface area contributed by atoms with Crippen molar-refractivity contribution in [3.8, 4) is 0 Å². The van der Waals surface area contributed by atoms with Crippen LogP contribution in [0.15, 0.2) is 0 Å². The number of hydrogen-bond acceptors (Lipinski definition) is 2. The van der Waals surface area contributed by atoms with Gasteiger partial charge in [-0.05, 0) is 17.6 Å². The Labute approximate surface area is 139 Å². The molecule has 0 rings (SSSR count). The maximum atomic E-state index is 11.7. The average molecular weight is 292 g/mol. The number of carbonyl (C=O) groups excluding carboxylic acids is 1. The molecule has 0 atom stereocenters. The smallest absolute Gasteiger partial charge is 1.00 e. The minimum atomic E-state index is 0. The first-order valence-corrected chi connectivity index (χ1v) is 6.37. The summed E-state index contributed by atoms with van der Waals surface area (Å²) in [5, 5.41) is 0.231. The Hall–Kier alpha value is 1.30. The van der Waals surface area contributed by atoms with Gasteiger partial charge in [-0.1, -0.05) is 46.4 Å². The molecule has 0 fully saturated rings. The Balaban J connectivity index is -0.000000141. The van der Waals surface area contributed by atoms with Crippen molar-refractivity contribution in [1.29, 1.82) is 0 Å². The van der Waals surface area contributed by atoms with Crippen molar-refractivity contribution < 1.29 is 29.4 Å². The Morgan fingerprint density at radius 2 is 1.56 bits per heavy atom. The fourth-order valence-corrected chi connectivity index (χ4v) is 1.90. The van der Waals surface area contributed by atoms with E-state index in [0.29, 0.717) is 11.8 Å². The first-order valence-electron chi connectivity index (χ1n) is 5.39. The molecule has 0 aromatic rings. The summed E-state index contributed by atoms with van der Waals surface area (Å²) < 4.78 is 0. The predicted octanol–water partition coefficient (Wildman–Crippen LogP) is 3.32. The van der Waals surface area contributed by atoms with E-state index < -0.39 is 0 Å². The maximum Gasteiger partial charge on any atom is 2.00 e. The molecule has 92 valence electrons. The van der Waals surface area contributed by atoms with Crippen LogP contribution in [0.3, 0.4) is 0 Å². The molecular weight excluding hydrogens is 266 g/mol. The summed E-state index contributed by atoms with van der Waals surface area (Å²) in [5.74, 6) is 1.97. The SMILES string of the molecule is CCSC(=O)N(CC(C)C)CC(C)C.[H-].[H-].[Mg+2].[Ti].